The van der Waals surface area contributed by atoms with Crippen molar-refractivity contribution in [1.29, 1.82) is 0 Å². The summed E-state index contributed by atoms with van der Waals surface area (Å²) in [6.07, 6.45) is 3.14. The summed E-state index contributed by atoms with van der Waals surface area (Å²) in [6, 6.07) is 5.91. The van der Waals surface area contributed by atoms with Gasteiger partial charge in [0.05, 0.1) is 10.6 Å². The van der Waals surface area contributed by atoms with Crippen molar-refractivity contribution in [2.75, 3.05) is 18.8 Å². The standard InChI is InChI=1S/C18H26N2O3S.ClH/c1-13-11-20(12-14(2)19-13)18(21)8-9-24(22,23)17-7-6-15-4-3-5-16(15)10-17;/h6-7,10,13-14,19H,3-5,8-9,11-12H2,1-2H3;1H. The quantitative estimate of drug-likeness (QED) is 0.859. The van der Waals surface area contributed by atoms with Gasteiger partial charge in [0.15, 0.2) is 9.84 Å². The number of nitrogens with zero attached hydrogens (tertiary/aromatic N) is 1. The van der Waals surface area contributed by atoms with E-state index in [1.165, 1.54) is 5.56 Å². The molecule has 25 heavy (non-hydrogen) atoms. The number of sulfone groups is 1. The Kier molecular flexibility index (Phi) is 6.51. The highest BCUT2D eigenvalue weighted by Crippen LogP contribution is 2.25. The molecule has 1 N–H and O–H groups in total. The molecule has 1 fully saturated rings. The molecular weight excluding hydrogens is 360 g/mol. The van der Waals surface area contributed by atoms with E-state index < -0.39 is 9.84 Å². The first-order valence-corrected chi connectivity index (χ1v) is 10.4. The van der Waals surface area contributed by atoms with Gasteiger partial charge in [0.1, 0.15) is 0 Å². The number of carbonyl (C=O) groups is 1. The number of hydrogen-bond acceptors (Lipinski definition) is 4. The molecule has 1 saturated heterocycles. The Morgan fingerprint density at radius 1 is 1.16 bits per heavy atom. The maximum absolute atomic E-state index is 12.6. The van der Waals surface area contributed by atoms with E-state index in [4.69, 9.17) is 0 Å². The first-order chi connectivity index (χ1) is 11.3. The van der Waals surface area contributed by atoms with Crippen LogP contribution in [0.3, 0.4) is 0 Å². The molecule has 7 heteroatoms. The molecule has 1 aromatic rings. The molecule has 0 saturated carbocycles. The molecule has 0 bridgehead atoms. The fraction of sp³-hybridized carbons (Fsp3) is 0.611. The molecule has 1 aromatic carbocycles. The number of halogens is 1. The lowest BCUT2D eigenvalue weighted by Gasteiger charge is -2.36. The van der Waals surface area contributed by atoms with Gasteiger partial charge in [-0.2, -0.15) is 0 Å². The normalized spacial score (nSPS) is 23.0. The average Bonchev–Trinajstić information content (AvgIpc) is 2.99. The van der Waals surface area contributed by atoms with E-state index in [1.54, 1.807) is 17.0 Å². The monoisotopic (exact) mass is 386 g/mol. The summed E-state index contributed by atoms with van der Waals surface area (Å²) in [5, 5.41) is 3.37. The van der Waals surface area contributed by atoms with Crippen LogP contribution in [0.4, 0.5) is 0 Å². The highest BCUT2D eigenvalue weighted by atomic mass is 35.5. The van der Waals surface area contributed by atoms with Crippen LogP contribution < -0.4 is 5.32 Å². The third-order valence-corrected chi connectivity index (χ3v) is 6.64. The van der Waals surface area contributed by atoms with E-state index in [0.29, 0.717) is 18.0 Å². The Bertz CT molecular complexity index is 726. The van der Waals surface area contributed by atoms with Crippen LogP contribution in [0.15, 0.2) is 23.1 Å². The fourth-order valence-corrected chi connectivity index (χ4v) is 5.05. The Labute approximate surface area is 156 Å². The van der Waals surface area contributed by atoms with Crippen molar-refractivity contribution in [3.05, 3.63) is 29.3 Å². The van der Waals surface area contributed by atoms with E-state index in [0.717, 1.165) is 24.8 Å². The molecule has 2 aliphatic rings. The summed E-state index contributed by atoms with van der Waals surface area (Å²) in [5.74, 6) is -0.183. The molecule has 1 heterocycles. The van der Waals surface area contributed by atoms with Gasteiger partial charge in [0.2, 0.25) is 5.91 Å². The third kappa shape index (κ3) is 4.74. The van der Waals surface area contributed by atoms with Crippen LogP contribution in [0, 0.1) is 0 Å². The lowest BCUT2D eigenvalue weighted by atomic mass is 10.1. The first kappa shape index (κ1) is 20.2. The second kappa shape index (κ2) is 8.06. The molecule has 3 rings (SSSR count). The molecule has 1 aliphatic carbocycles. The molecule has 1 aliphatic heterocycles. The van der Waals surface area contributed by atoms with Crippen LogP contribution >= 0.6 is 12.4 Å². The number of hydrogen-bond donors (Lipinski definition) is 1. The smallest absolute Gasteiger partial charge is 0.223 e. The molecule has 140 valence electrons. The summed E-state index contributed by atoms with van der Waals surface area (Å²) in [5.41, 5.74) is 2.40. The molecule has 0 radical (unpaired) electrons. The minimum atomic E-state index is -3.41. The number of fused-ring (bicyclic) bond motifs is 1. The fourth-order valence-electron chi connectivity index (χ4n) is 3.77. The molecule has 1 amide bonds. The van der Waals surface area contributed by atoms with Crippen LogP contribution in [0.25, 0.3) is 0 Å². The minimum Gasteiger partial charge on any atom is -0.340 e. The van der Waals surface area contributed by atoms with Gasteiger partial charge in [-0.25, -0.2) is 8.42 Å². The van der Waals surface area contributed by atoms with E-state index in [1.807, 2.05) is 19.9 Å². The van der Waals surface area contributed by atoms with Gasteiger partial charge in [-0.3, -0.25) is 4.79 Å². The number of piperazine rings is 1. The zero-order chi connectivity index (χ0) is 17.3. The third-order valence-electron chi connectivity index (χ3n) is 4.92. The van der Waals surface area contributed by atoms with Gasteiger partial charge in [0.25, 0.3) is 0 Å². The lowest BCUT2D eigenvalue weighted by Crippen LogP contribution is -2.56. The molecule has 5 nitrogen and oxygen atoms in total. The van der Waals surface area contributed by atoms with Gasteiger partial charge in [-0.1, -0.05) is 6.07 Å². The molecule has 2 atom stereocenters. The summed E-state index contributed by atoms with van der Waals surface area (Å²) < 4.78 is 25.1. The Morgan fingerprint density at radius 2 is 1.80 bits per heavy atom. The Hall–Kier alpha value is -1.11. The van der Waals surface area contributed by atoms with Crippen LogP contribution in [0.1, 0.15) is 37.8 Å². The summed E-state index contributed by atoms with van der Waals surface area (Å²) in [4.78, 5) is 14.5. The van der Waals surface area contributed by atoms with Gasteiger partial charge in [0, 0.05) is 31.6 Å². The van der Waals surface area contributed by atoms with E-state index >= 15 is 0 Å². The van der Waals surface area contributed by atoms with Crippen LogP contribution in [-0.2, 0) is 27.5 Å². The van der Waals surface area contributed by atoms with Crippen LogP contribution in [0.5, 0.6) is 0 Å². The maximum atomic E-state index is 12.6. The largest absolute Gasteiger partial charge is 0.340 e. The summed E-state index contributed by atoms with van der Waals surface area (Å²) in [6.45, 7) is 5.36. The van der Waals surface area contributed by atoms with Gasteiger partial charge >= 0.3 is 0 Å². The van der Waals surface area contributed by atoms with Crippen LogP contribution in [-0.4, -0.2) is 50.2 Å². The predicted molar refractivity (Wildman–Crippen MR) is 101 cm³/mol. The van der Waals surface area contributed by atoms with E-state index in [2.05, 4.69) is 5.32 Å². The van der Waals surface area contributed by atoms with Crippen molar-refractivity contribution >= 4 is 28.2 Å². The van der Waals surface area contributed by atoms with Crippen molar-refractivity contribution in [3.63, 3.8) is 0 Å². The van der Waals surface area contributed by atoms with Crippen LogP contribution in [0.2, 0.25) is 0 Å². The zero-order valence-corrected chi connectivity index (χ0v) is 16.5. The number of amides is 1. The number of carbonyl (C=O) groups excluding carboxylic acids is 1. The van der Waals surface area contributed by atoms with Gasteiger partial charge in [-0.05, 0) is 56.4 Å². The highest BCUT2D eigenvalue weighted by molar-refractivity contribution is 7.91. The predicted octanol–water partition coefficient (Wildman–Crippen LogP) is 1.97. The highest BCUT2D eigenvalue weighted by Gasteiger charge is 2.26. The number of benzene rings is 1. The average molecular weight is 387 g/mol. The second-order valence-corrected chi connectivity index (χ2v) is 9.23. The topological polar surface area (TPSA) is 66.5 Å². The van der Waals surface area contributed by atoms with E-state index in [-0.39, 0.29) is 42.6 Å². The first-order valence-electron chi connectivity index (χ1n) is 8.73. The van der Waals surface area contributed by atoms with Crippen molar-refractivity contribution < 1.29 is 13.2 Å². The zero-order valence-electron chi connectivity index (χ0n) is 14.8. The Morgan fingerprint density at radius 3 is 2.48 bits per heavy atom. The summed E-state index contributed by atoms with van der Waals surface area (Å²) >= 11 is 0. The SMILES string of the molecule is CC1CN(C(=O)CCS(=O)(=O)c2ccc3c(c2)CCC3)CC(C)N1.Cl. The molecule has 0 aromatic heterocycles. The summed E-state index contributed by atoms with van der Waals surface area (Å²) in [7, 11) is -3.41. The van der Waals surface area contributed by atoms with Crippen molar-refractivity contribution in [3.8, 4) is 0 Å². The van der Waals surface area contributed by atoms with E-state index in [9.17, 15) is 13.2 Å². The van der Waals surface area contributed by atoms with Gasteiger partial charge in [-0.15, -0.1) is 12.4 Å². The number of nitrogens with one attached hydrogen (secondary N) is 1. The van der Waals surface area contributed by atoms with Crippen molar-refractivity contribution in [2.45, 2.75) is 56.5 Å². The second-order valence-electron chi connectivity index (χ2n) is 7.12. The van der Waals surface area contributed by atoms with Crippen molar-refractivity contribution in [2.24, 2.45) is 0 Å². The Balaban J connectivity index is 0.00000225. The molecule has 0 spiro atoms. The lowest BCUT2D eigenvalue weighted by molar-refractivity contribution is -0.132. The minimum absolute atomic E-state index is 0. The van der Waals surface area contributed by atoms with Gasteiger partial charge < -0.3 is 10.2 Å². The molecule has 2 unspecified atom stereocenters. The maximum Gasteiger partial charge on any atom is 0.223 e. The molecular formula is C18H27ClN2O3S. The number of aryl methyl sites for hydroxylation is 2. The number of rotatable bonds is 4. The van der Waals surface area contributed by atoms with Crippen molar-refractivity contribution in [1.82, 2.24) is 10.2 Å².